The third kappa shape index (κ3) is 2.36. The van der Waals surface area contributed by atoms with Gasteiger partial charge in [-0.3, -0.25) is 0 Å². The lowest BCUT2D eigenvalue weighted by molar-refractivity contribution is 0.289. The molecule has 0 aromatic heterocycles. The number of rotatable bonds is 2. The standard InChI is InChI=1S/C11H20/c1-4-10-6-5-7-11(8-10)9(2)3/h10-11H,2,4-8H2,1,3H3/t10-,11-/m1/s1. The summed E-state index contributed by atoms with van der Waals surface area (Å²) in [4.78, 5) is 0. The van der Waals surface area contributed by atoms with Crippen LogP contribution in [0, 0.1) is 11.8 Å². The number of allylic oxidation sites excluding steroid dienone is 1. The molecule has 1 rings (SSSR count). The molecule has 0 spiro atoms. The molecule has 1 aliphatic rings. The zero-order valence-electron chi connectivity index (χ0n) is 7.90. The summed E-state index contributed by atoms with van der Waals surface area (Å²) in [6.07, 6.45) is 7.05. The van der Waals surface area contributed by atoms with Gasteiger partial charge < -0.3 is 0 Å². The second kappa shape index (κ2) is 3.94. The van der Waals surface area contributed by atoms with Crippen molar-refractivity contribution in [2.45, 2.75) is 46.0 Å². The Morgan fingerprint density at radius 3 is 2.73 bits per heavy atom. The van der Waals surface area contributed by atoms with Gasteiger partial charge in [-0.05, 0) is 31.6 Å². The van der Waals surface area contributed by atoms with E-state index in [-0.39, 0.29) is 0 Å². The van der Waals surface area contributed by atoms with Crippen molar-refractivity contribution in [1.82, 2.24) is 0 Å². The summed E-state index contributed by atoms with van der Waals surface area (Å²) in [7, 11) is 0. The van der Waals surface area contributed by atoms with Gasteiger partial charge in [-0.1, -0.05) is 38.3 Å². The molecule has 0 nitrogen and oxygen atoms in total. The highest BCUT2D eigenvalue weighted by molar-refractivity contribution is 4.98. The minimum absolute atomic E-state index is 0.841. The fourth-order valence-corrected chi connectivity index (χ4v) is 2.11. The quantitative estimate of drug-likeness (QED) is 0.528. The van der Waals surface area contributed by atoms with Crippen molar-refractivity contribution >= 4 is 0 Å². The van der Waals surface area contributed by atoms with E-state index >= 15 is 0 Å². The molecule has 64 valence electrons. The molecular formula is C11H20. The maximum Gasteiger partial charge on any atom is -0.0206 e. The van der Waals surface area contributed by atoms with Crippen molar-refractivity contribution in [1.29, 1.82) is 0 Å². The van der Waals surface area contributed by atoms with Crippen LogP contribution in [0.1, 0.15) is 46.0 Å². The largest absolute Gasteiger partial charge is 0.0999 e. The van der Waals surface area contributed by atoms with Gasteiger partial charge in [-0.25, -0.2) is 0 Å². The molecule has 0 bridgehead atoms. The van der Waals surface area contributed by atoms with E-state index in [1.165, 1.54) is 37.7 Å². The Hall–Kier alpha value is -0.260. The summed E-state index contributed by atoms with van der Waals surface area (Å²) in [6, 6.07) is 0. The molecule has 0 radical (unpaired) electrons. The van der Waals surface area contributed by atoms with Gasteiger partial charge in [0.15, 0.2) is 0 Å². The monoisotopic (exact) mass is 152 g/mol. The van der Waals surface area contributed by atoms with Crippen molar-refractivity contribution < 1.29 is 0 Å². The summed E-state index contributed by atoms with van der Waals surface area (Å²) in [5.41, 5.74) is 1.41. The molecule has 0 heteroatoms. The number of hydrogen-bond acceptors (Lipinski definition) is 0. The first kappa shape index (κ1) is 8.83. The van der Waals surface area contributed by atoms with Crippen molar-refractivity contribution in [2.75, 3.05) is 0 Å². The van der Waals surface area contributed by atoms with Crippen LogP contribution in [0.15, 0.2) is 12.2 Å². The van der Waals surface area contributed by atoms with Crippen LogP contribution in [-0.2, 0) is 0 Å². The molecule has 2 atom stereocenters. The Labute approximate surface area is 70.7 Å². The highest BCUT2D eigenvalue weighted by atomic mass is 14.3. The highest BCUT2D eigenvalue weighted by Crippen LogP contribution is 2.34. The van der Waals surface area contributed by atoms with Crippen LogP contribution in [0.2, 0.25) is 0 Å². The molecular weight excluding hydrogens is 132 g/mol. The third-order valence-electron chi connectivity index (χ3n) is 3.06. The van der Waals surface area contributed by atoms with E-state index in [1.807, 2.05) is 0 Å². The Morgan fingerprint density at radius 2 is 2.18 bits per heavy atom. The van der Waals surface area contributed by atoms with Crippen LogP contribution in [-0.4, -0.2) is 0 Å². The normalized spacial score (nSPS) is 31.8. The van der Waals surface area contributed by atoms with Crippen LogP contribution >= 0.6 is 0 Å². The molecule has 0 aromatic rings. The van der Waals surface area contributed by atoms with Gasteiger partial charge in [0.05, 0.1) is 0 Å². The van der Waals surface area contributed by atoms with Crippen LogP contribution in [0.25, 0.3) is 0 Å². The van der Waals surface area contributed by atoms with Crippen LogP contribution in [0.3, 0.4) is 0 Å². The average Bonchev–Trinajstić information content (AvgIpc) is 2.05. The lowest BCUT2D eigenvalue weighted by Gasteiger charge is -2.28. The second-order valence-electron chi connectivity index (χ2n) is 3.98. The number of hydrogen-bond donors (Lipinski definition) is 0. The fraction of sp³-hybridized carbons (Fsp3) is 0.818. The predicted octanol–water partition coefficient (Wildman–Crippen LogP) is 3.78. The Kier molecular flexibility index (Phi) is 3.16. The topological polar surface area (TPSA) is 0 Å². The lowest BCUT2D eigenvalue weighted by atomic mass is 9.77. The van der Waals surface area contributed by atoms with Gasteiger partial charge >= 0.3 is 0 Å². The van der Waals surface area contributed by atoms with Gasteiger partial charge in [-0.15, -0.1) is 0 Å². The molecule has 0 heterocycles. The molecule has 0 aromatic carbocycles. The molecule has 0 saturated heterocycles. The molecule has 0 amide bonds. The van der Waals surface area contributed by atoms with Gasteiger partial charge in [0.2, 0.25) is 0 Å². The van der Waals surface area contributed by atoms with E-state index in [9.17, 15) is 0 Å². The maximum atomic E-state index is 4.05. The van der Waals surface area contributed by atoms with E-state index in [2.05, 4.69) is 20.4 Å². The van der Waals surface area contributed by atoms with E-state index < -0.39 is 0 Å². The van der Waals surface area contributed by atoms with E-state index in [1.54, 1.807) is 0 Å². The molecule has 0 unspecified atom stereocenters. The lowest BCUT2D eigenvalue weighted by Crippen LogP contribution is -2.15. The first-order valence-corrected chi connectivity index (χ1v) is 4.89. The van der Waals surface area contributed by atoms with Gasteiger partial charge in [0, 0.05) is 0 Å². The smallest absolute Gasteiger partial charge is 0.0206 e. The molecule has 0 aliphatic heterocycles. The van der Waals surface area contributed by atoms with E-state index in [0.717, 1.165) is 11.8 Å². The first-order valence-electron chi connectivity index (χ1n) is 4.89. The summed E-state index contributed by atoms with van der Waals surface area (Å²) >= 11 is 0. The summed E-state index contributed by atoms with van der Waals surface area (Å²) in [5.74, 6) is 1.83. The average molecular weight is 152 g/mol. The van der Waals surface area contributed by atoms with Gasteiger partial charge in [0.25, 0.3) is 0 Å². The Bertz CT molecular complexity index is 135. The van der Waals surface area contributed by atoms with Crippen molar-refractivity contribution in [3.63, 3.8) is 0 Å². The first-order chi connectivity index (χ1) is 5.24. The molecule has 1 aliphatic carbocycles. The summed E-state index contributed by atoms with van der Waals surface area (Å²) < 4.78 is 0. The zero-order chi connectivity index (χ0) is 8.27. The SMILES string of the molecule is C=C(C)[C@@H]1CCC[C@@H](CC)C1. The van der Waals surface area contributed by atoms with Crippen molar-refractivity contribution in [2.24, 2.45) is 11.8 Å². The maximum absolute atomic E-state index is 4.05. The van der Waals surface area contributed by atoms with Crippen molar-refractivity contribution in [3.8, 4) is 0 Å². The molecule has 0 N–H and O–H groups in total. The molecule has 1 saturated carbocycles. The summed E-state index contributed by atoms with van der Waals surface area (Å²) in [5, 5.41) is 0. The fourth-order valence-electron chi connectivity index (χ4n) is 2.11. The van der Waals surface area contributed by atoms with Gasteiger partial charge in [-0.2, -0.15) is 0 Å². The minimum atomic E-state index is 0.841. The Balaban J connectivity index is 2.39. The Morgan fingerprint density at radius 1 is 1.45 bits per heavy atom. The van der Waals surface area contributed by atoms with Gasteiger partial charge in [0.1, 0.15) is 0 Å². The zero-order valence-corrected chi connectivity index (χ0v) is 7.90. The van der Waals surface area contributed by atoms with Crippen molar-refractivity contribution in [3.05, 3.63) is 12.2 Å². The van der Waals surface area contributed by atoms with Crippen LogP contribution in [0.5, 0.6) is 0 Å². The third-order valence-corrected chi connectivity index (χ3v) is 3.06. The minimum Gasteiger partial charge on any atom is -0.0999 e. The predicted molar refractivity (Wildman–Crippen MR) is 50.6 cm³/mol. The van der Waals surface area contributed by atoms with E-state index in [4.69, 9.17) is 0 Å². The highest BCUT2D eigenvalue weighted by Gasteiger charge is 2.20. The second-order valence-corrected chi connectivity index (χ2v) is 3.98. The molecule has 11 heavy (non-hydrogen) atoms. The van der Waals surface area contributed by atoms with Crippen LogP contribution in [0.4, 0.5) is 0 Å². The van der Waals surface area contributed by atoms with Crippen LogP contribution < -0.4 is 0 Å². The molecule has 1 fully saturated rings. The van der Waals surface area contributed by atoms with E-state index in [0.29, 0.717) is 0 Å². The summed E-state index contributed by atoms with van der Waals surface area (Å²) in [6.45, 7) is 8.54.